The van der Waals surface area contributed by atoms with Crippen molar-refractivity contribution in [1.82, 2.24) is 19.5 Å². The molecule has 7 heteroatoms. The monoisotopic (exact) mass is 366 g/mol. The highest BCUT2D eigenvalue weighted by Crippen LogP contribution is 2.25. The number of hydrogen-bond donors (Lipinski definition) is 1. The number of aliphatic hydroxyl groups excluding tert-OH is 1. The molecular formula is C20H19FN4O2. The van der Waals surface area contributed by atoms with Crippen molar-refractivity contribution in [2.24, 2.45) is 0 Å². The fourth-order valence-corrected chi connectivity index (χ4v) is 3.22. The van der Waals surface area contributed by atoms with Crippen LogP contribution < -0.4 is 0 Å². The quantitative estimate of drug-likeness (QED) is 0.723. The summed E-state index contributed by atoms with van der Waals surface area (Å²) >= 11 is 0. The molecule has 2 aromatic heterocycles. The van der Waals surface area contributed by atoms with Gasteiger partial charge in [-0.3, -0.25) is 4.79 Å². The molecule has 138 valence electrons. The van der Waals surface area contributed by atoms with E-state index in [1.54, 1.807) is 39.9 Å². The lowest BCUT2D eigenvalue weighted by Gasteiger charge is -2.28. The van der Waals surface area contributed by atoms with Crippen molar-refractivity contribution in [2.45, 2.75) is 18.9 Å². The molecule has 0 radical (unpaired) electrons. The summed E-state index contributed by atoms with van der Waals surface area (Å²) in [5, 5.41) is 13.9. The molecule has 4 rings (SSSR count). The molecule has 0 aliphatic carbocycles. The van der Waals surface area contributed by atoms with E-state index >= 15 is 0 Å². The maximum absolute atomic E-state index is 13.3. The van der Waals surface area contributed by atoms with Gasteiger partial charge in [0.15, 0.2) is 5.65 Å². The predicted octanol–water partition coefficient (Wildman–Crippen LogP) is 2.53. The lowest BCUT2D eigenvalue weighted by molar-refractivity contribution is -0.127. The highest BCUT2D eigenvalue weighted by Gasteiger charge is 2.20. The number of nitrogens with zero attached hydrogens (tertiary/aromatic N) is 4. The molecule has 6 nitrogen and oxygen atoms in total. The standard InChI is InChI=1S/C20H19FN4O2/c21-15-5-3-14(4-6-15)20-17(25-18(23-20)2-1-11-22-25)7-8-19(27)24-12-9-16(26)10-13-24/h1-8,11,16,26H,9-10,12-13H2/b8-7+. The number of likely N-dealkylation sites (tertiary alicyclic amines) is 1. The molecule has 1 amide bonds. The number of amides is 1. The first-order valence-corrected chi connectivity index (χ1v) is 8.86. The molecule has 0 unspecified atom stereocenters. The normalized spacial score (nSPS) is 15.7. The van der Waals surface area contributed by atoms with Crippen LogP contribution in [0, 0.1) is 5.82 Å². The van der Waals surface area contributed by atoms with E-state index in [2.05, 4.69) is 10.1 Å². The van der Waals surface area contributed by atoms with E-state index in [1.165, 1.54) is 18.2 Å². The number of aliphatic hydroxyl groups is 1. The second-order valence-corrected chi connectivity index (χ2v) is 6.54. The third-order valence-corrected chi connectivity index (χ3v) is 4.71. The van der Waals surface area contributed by atoms with Crippen molar-refractivity contribution >= 4 is 17.6 Å². The smallest absolute Gasteiger partial charge is 0.246 e. The number of aromatic nitrogens is 3. The van der Waals surface area contributed by atoms with E-state index in [0.29, 0.717) is 43.0 Å². The van der Waals surface area contributed by atoms with Crippen LogP contribution in [0.4, 0.5) is 4.39 Å². The molecule has 1 fully saturated rings. The number of benzene rings is 1. The molecule has 27 heavy (non-hydrogen) atoms. The number of halogens is 1. The zero-order chi connectivity index (χ0) is 18.8. The lowest BCUT2D eigenvalue weighted by Crippen LogP contribution is -2.39. The number of imidazole rings is 1. The number of fused-ring (bicyclic) bond motifs is 1. The Morgan fingerprint density at radius 2 is 1.93 bits per heavy atom. The SMILES string of the molecule is O=C(/C=C/c1c(-c2ccc(F)cc2)nc2cccnn12)N1CCC(O)CC1. The summed E-state index contributed by atoms with van der Waals surface area (Å²) in [6.45, 7) is 1.08. The molecule has 0 saturated carbocycles. The molecule has 3 aromatic rings. The maximum Gasteiger partial charge on any atom is 0.246 e. The topological polar surface area (TPSA) is 70.7 Å². The Morgan fingerprint density at radius 3 is 2.67 bits per heavy atom. The number of carbonyl (C=O) groups excluding carboxylic acids is 1. The van der Waals surface area contributed by atoms with Crippen LogP contribution in [0.15, 0.2) is 48.7 Å². The predicted molar refractivity (Wildman–Crippen MR) is 99.2 cm³/mol. The van der Waals surface area contributed by atoms with Crippen molar-refractivity contribution in [1.29, 1.82) is 0 Å². The summed E-state index contributed by atoms with van der Waals surface area (Å²) < 4.78 is 14.9. The van der Waals surface area contributed by atoms with Crippen LogP contribution in [0.25, 0.3) is 23.0 Å². The minimum Gasteiger partial charge on any atom is -0.393 e. The highest BCUT2D eigenvalue weighted by atomic mass is 19.1. The van der Waals surface area contributed by atoms with Gasteiger partial charge >= 0.3 is 0 Å². The Balaban J connectivity index is 1.68. The van der Waals surface area contributed by atoms with Crippen LogP contribution in [-0.2, 0) is 4.79 Å². The van der Waals surface area contributed by atoms with Gasteiger partial charge in [0.2, 0.25) is 5.91 Å². The van der Waals surface area contributed by atoms with Gasteiger partial charge in [-0.05, 0) is 55.3 Å². The fourth-order valence-electron chi connectivity index (χ4n) is 3.22. The van der Waals surface area contributed by atoms with Gasteiger partial charge in [0, 0.05) is 30.9 Å². The third-order valence-electron chi connectivity index (χ3n) is 4.71. The molecule has 3 heterocycles. The third kappa shape index (κ3) is 3.59. The number of piperidine rings is 1. The zero-order valence-corrected chi connectivity index (χ0v) is 14.6. The van der Waals surface area contributed by atoms with Crippen LogP contribution in [-0.4, -0.2) is 49.7 Å². The molecule has 1 aliphatic heterocycles. The molecule has 1 aliphatic rings. The summed E-state index contributed by atoms with van der Waals surface area (Å²) in [4.78, 5) is 18.8. The molecule has 0 atom stereocenters. The minimum absolute atomic E-state index is 0.113. The average Bonchev–Trinajstić information content (AvgIpc) is 3.06. The van der Waals surface area contributed by atoms with E-state index in [9.17, 15) is 14.3 Å². The first-order chi connectivity index (χ1) is 13.1. The number of carbonyl (C=O) groups is 1. The van der Waals surface area contributed by atoms with E-state index < -0.39 is 0 Å². The molecule has 0 spiro atoms. The Labute approximate surface area is 155 Å². The Bertz CT molecular complexity index is 989. The summed E-state index contributed by atoms with van der Waals surface area (Å²) in [6, 6.07) is 9.68. The minimum atomic E-state index is -0.328. The summed E-state index contributed by atoms with van der Waals surface area (Å²) in [5.41, 5.74) is 2.68. The Morgan fingerprint density at radius 1 is 1.19 bits per heavy atom. The maximum atomic E-state index is 13.3. The van der Waals surface area contributed by atoms with Gasteiger partial charge in [-0.1, -0.05) is 0 Å². The van der Waals surface area contributed by atoms with E-state index in [-0.39, 0.29) is 17.8 Å². The van der Waals surface area contributed by atoms with Crippen molar-refractivity contribution in [2.75, 3.05) is 13.1 Å². The second-order valence-electron chi connectivity index (χ2n) is 6.54. The van der Waals surface area contributed by atoms with Crippen molar-refractivity contribution in [3.05, 3.63) is 60.2 Å². The van der Waals surface area contributed by atoms with Gasteiger partial charge in [-0.15, -0.1) is 0 Å². The number of rotatable bonds is 3. The summed E-state index contributed by atoms with van der Waals surface area (Å²) in [5.74, 6) is -0.432. The Hall–Kier alpha value is -3.06. The van der Waals surface area contributed by atoms with Gasteiger partial charge in [-0.2, -0.15) is 5.10 Å². The van der Waals surface area contributed by atoms with Gasteiger partial charge in [0.1, 0.15) is 5.82 Å². The van der Waals surface area contributed by atoms with E-state index in [1.807, 2.05) is 6.07 Å². The fraction of sp³-hybridized carbons (Fsp3) is 0.250. The van der Waals surface area contributed by atoms with Gasteiger partial charge < -0.3 is 10.0 Å². The summed E-state index contributed by atoms with van der Waals surface area (Å²) in [7, 11) is 0. The van der Waals surface area contributed by atoms with Gasteiger partial charge in [0.05, 0.1) is 17.5 Å². The Kier molecular flexibility index (Phi) is 4.68. The van der Waals surface area contributed by atoms with E-state index in [0.717, 1.165) is 5.56 Å². The van der Waals surface area contributed by atoms with Crippen LogP contribution in [0.3, 0.4) is 0 Å². The van der Waals surface area contributed by atoms with Crippen LogP contribution in [0.1, 0.15) is 18.5 Å². The van der Waals surface area contributed by atoms with Gasteiger partial charge in [0.25, 0.3) is 0 Å². The van der Waals surface area contributed by atoms with Crippen molar-refractivity contribution < 1.29 is 14.3 Å². The number of hydrogen-bond acceptors (Lipinski definition) is 4. The average molecular weight is 366 g/mol. The first-order valence-electron chi connectivity index (χ1n) is 8.86. The molecule has 1 N–H and O–H groups in total. The first kappa shape index (κ1) is 17.4. The van der Waals surface area contributed by atoms with Crippen molar-refractivity contribution in [3.8, 4) is 11.3 Å². The van der Waals surface area contributed by atoms with Crippen LogP contribution in [0.2, 0.25) is 0 Å². The van der Waals surface area contributed by atoms with E-state index in [4.69, 9.17) is 0 Å². The molecule has 1 saturated heterocycles. The van der Waals surface area contributed by atoms with Crippen LogP contribution >= 0.6 is 0 Å². The lowest BCUT2D eigenvalue weighted by atomic mass is 10.1. The second kappa shape index (κ2) is 7.28. The van der Waals surface area contributed by atoms with Gasteiger partial charge in [-0.25, -0.2) is 13.9 Å². The highest BCUT2D eigenvalue weighted by molar-refractivity contribution is 5.93. The van der Waals surface area contributed by atoms with Crippen LogP contribution in [0.5, 0.6) is 0 Å². The summed E-state index contributed by atoms with van der Waals surface area (Å²) in [6.07, 6.45) is 5.71. The molecule has 0 bridgehead atoms. The molecule has 1 aromatic carbocycles. The molecular weight excluding hydrogens is 347 g/mol. The van der Waals surface area contributed by atoms with Crippen molar-refractivity contribution in [3.63, 3.8) is 0 Å². The largest absolute Gasteiger partial charge is 0.393 e. The zero-order valence-electron chi connectivity index (χ0n) is 14.6.